The lowest BCUT2D eigenvalue weighted by Crippen LogP contribution is -2.52. The summed E-state index contributed by atoms with van der Waals surface area (Å²) in [6.45, 7) is 8.34. The molecule has 1 N–H and O–H groups in total. The van der Waals surface area contributed by atoms with Gasteiger partial charge in [0.25, 0.3) is 0 Å². The van der Waals surface area contributed by atoms with Crippen LogP contribution in [0.1, 0.15) is 27.7 Å². The zero-order valence-corrected chi connectivity index (χ0v) is 10.9. The summed E-state index contributed by atoms with van der Waals surface area (Å²) in [5, 5.41) is 8.67. The molecule has 0 radical (unpaired) electrons. The number of nitrogens with zero attached hydrogens (tertiary/aromatic N) is 2. The Kier molecular flexibility index (Phi) is 3.85. The number of hydrogen-bond acceptors (Lipinski definition) is 3. The Balaban J connectivity index is 2.51. The van der Waals surface area contributed by atoms with E-state index in [-0.39, 0.29) is 10.7 Å². The summed E-state index contributed by atoms with van der Waals surface area (Å²) >= 11 is -1.26. The minimum atomic E-state index is -1.26. The summed E-state index contributed by atoms with van der Waals surface area (Å²) in [6.07, 6.45) is -0.902. The molecule has 1 heterocycles. The van der Waals surface area contributed by atoms with E-state index in [2.05, 4.69) is 4.40 Å². The highest BCUT2D eigenvalue weighted by molar-refractivity contribution is 7.91. The Hall–Kier alpha value is -0.750. The minimum Gasteiger partial charge on any atom is -0.591 e. The molecule has 0 aromatic heterocycles. The van der Waals surface area contributed by atoms with Crippen molar-refractivity contribution in [3.63, 3.8) is 0 Å². The first-order valence-electron chi connectivity index (χ1n) is 5.17. The summed E-state index contributed by atoms with van der Waals surface area (Å²) in [6, 6.07) is 0. The predicted molar refractivity (Wildman–Crippen MR) is 64.1 cm³/mol. The number of carbonyl (C=O) groups is 1. The molecular weight excluding hydrogens is 228 g/mol. The van der Waals surface area contributed by atoms with Crippen molar-refractivity contribution in [1.82, 2.24) is 4.90 Å². The summed E-state index contributed by atoms with van der Waals surface area (Å²) in [4.78, 5) is 11.9. The fourth-order valence-electron chi connectivity index (χ4n) is 1.24. The normalized spacial score (nSPS) is 20.6. The fourth-order valence-corrected chi connectivity index (χ4v) is 1.93. The van der Waals surface area contributed by atoms with Gasteiger partial charge in [-0.05, 0) is 27.7 Å². The van der Waals surface area contributed by atoms with Crippen LogP contribution in [-0.2, 0) is 11.4 Å². The fraction of sp³-hybridized carbons (Fsp3) is 0.800. The number of carboxylic acid groups (broad SMARTS) is 1. The van der Waals surface area contributed by atoms with Gasteiger partial charge >= 0.3 is 6.09 Å². The monoisotopic (exact) mass is 246 g/mol. The van der Waals surface area contributed by atoms with Gasteiger partial charge in [0.05, 0.1) is 5.71 Å². The van der Waals surface area contributed by atoms with E-state index in [1.165, 1.54) is 4.90 Å². The van der Waals surface area contributed by atoms with E-state index >= 15 is 0 Å². The molecule has 1 fully saturated rings. The molecule has 0 aromatic rings. The third kappa shape index (κ3) is 3.12. The maximum Gasteiger partial charge on any atom is 0.407 e. The second kappa shape index (κ2) is 4.63. The Labute approximate surface area is 98.9 Å². The maximum absolute atomic E-state index is 11.7. The molecule has 0 saturated carbocycles. The number of likely N-dealkylation sites (tertiary alicyclic amines) is 1. The van der Waals surface area contributed by atoms with Crippen LogP contribution in [0.15, 0.2) is 4.40 Å². The first-order chi connectivity index (χ1) is 7.21. The van der Waals surface area contributed by atoms with Gasteiger partial charge < -0.3 is 14.6 Å². The molecule has 92 valence electrons. The lowest BCUT2D eigenvalue weighted by Gasteiger charge is -2.36. The van der Waals surface area contributed by atoms with Crippen LogP contribution in [0.4, 0.5) is 4.79 Å². The highest BCUT2D eigenvalue weighted by Gasteiger charge is 2.35. The molecule has 1 aliphatic heterocycles. The van der Waals surface area contributed by atoms with E-state index in [1.54, 1.807) is 0 Å². The lowest BCUT2D eigenvalue weighted by molar-refractivity contribution is 0.102. The summed E-state index contributed by atoms with van der Waals surface area (Å²) < 4.78 is 15.5. The maximum atomic E-state index is 11.7. The van der Waals surface area contributed by atoms with Crippen molar-refractivity contribution < 1.29 is 14.5 Å². The quantitative estimate of drug-likeness (QED) is 0.593. The Bertz CT molecular complexity index is 306. The average Bonchev–Trinajstić information content (AvgIpc) is 1.97. The average molecular weight is 246 g/mol. The molecule has 1 rings (SSSR count). The first kappa shape index (κ1) is 13.3. The van der Waals surface area contributed by atoms with Gasteiger partial charge in [-0.3, -0.25) is 0 Å². The second-order valence-corrected chi connectivity index (χ2v) is 6.88. The highest BCUT2D eigenvalue weighted by Crippen LogP contribution is 2.22. The van der Waals surface area contributed by atoms with Crippen molar-refractivity contribution in [1.29, 1.82) is 0 Å². The van der Waals surface area contributed by atoms with Gasteiger partial charge in [-0.1, -0.05) is 4.40 Å². The molecule has 1 unspecified atom stereocenters. The number of hydrogen-bond donors (Lipinski definition) is 1. The van der Waals surface area contributed by atoms with Crippen LogP contribution in [0.2, 0.25) is 0 Å². The van der Waals surface area contributed by atoms with Crippen LogP contribution in [-0.4, -0.2) is 44.2 Å². The van der Waals surface area contributed by atoms with Crippen molar-refractivity contribution >= 4 is 23.2 Å². The third-order valence-electron chi connectivity index (χ3n) is 2.49. The largest absolute Gasteiger partial charge is 0.591 e. The third-order valence-corrected chi connectivity index (χ3v) is 4.00. The molecule has 0 aliphatic carbocycles. The van der Waals surface area contributed by atoms with Gasteiger partial charge in [-0.25, -0.2) is 4.79 Å². The standard InChI is InChI=1S/C10H18N2O3S/c1-7(11-16(15)10(2,3)4)8-5-12(6-8)9(13)14/h8H,5-6H2,1-4H3,(H,13,14)/b11-7+. The SMILES string of the molecule is C/C(=N\[S+]([O-])C(C)(C)C)C1CN(C(=O)O)C1. The smallest absolute Gasteiger partial charge is 0.407 e. The molecule has 0 spiro atoms. The Morgan fingerprint density at radius 1 is 1.50 bits per heavy atom. The zero-order chi connectivity index (χ0) is 12.5. The van der Waals surface area contributed by atoms with Gasteiger partial charge in [-0.15, -0.1) is 0 Å². The van der Waals surface area contributed by atoms with Gasteiger partial charge in [-0.2, -0.15) is 0 Å². The molecule has 1 atom stereocenters. The molecular formula is C10H18N2O3S. The minimum absolute atomic E-state index is 0.127. The van der Waals surface area contributed by atoms with E-state index in [1.807, 2.05) is 27.7 Å². The molecule has 5 nitrogen and oxygen atoms in total. The van der Waals surface area contributed by atoms with Gasteiger partial charge in [0.1, 0.15) is 16.1 Å². The highest BCUT2D eigenvalue weighted by atomic mass is 32.2. The van der Waals surface area contributed by atoms with Crippen LogP contribution >= 0.6 is 0 Å². The Morgan fingerprint density at radius 3 is 2.38 bits per heavy atom. The molecule has 16 heavy (non-hydrogen) atoms. The molecule has 1 aliphatic rings. The Morgan fingerprint density at radius 2 is 2.00 bits per heavy atom. The van der Waals surface area contributed by atoms with Crippen LogP contribution in [0.3, 0.4) is 0 Å². The predicted octanol–water partition coefficient (Wildman–Crippen LogP) is 1.52. The molecule has 6 heteroatoms. The van der Waals surface area contributed by atoms with Gasteiger partial charge in [0.15, 0.2) is 0 Å². The topological polar surface area (TPSA) is 76.0 Å². The van der Waals surface area contributed by atoms with Crippen molar-refractivity contribution in [2.45, 2.75) is 32.4 Å². The molecule has 0 aromatic carbocycles. The summed E-state index contributed by atoms with van der Waals surface area (Å²) in [5.74, 6) is 0.127. The van der Waals surface area contributed by atoms with Crippen molar-refractivity contribution in [3.05, 3.63) is 0 Å². The van der Waals surface area contributed by atoms with E-state index < -0.39 is 17.5 Å². The lowest BCUT2D eigenvalue weighted by atomic mass is 9.96. The second-order valence-electron chi connectivity index (χ2n) is 4.98. The van der Waals surface area contributed by atoms with E-state index in [0.717, 1.165) is 5.71 Å². The van der Waals surface area contributed by atoms with Crippen LogP contribution in [0, 0.1) is 5.92 Å². The van der Waals surface area contributed by atoms with Crippen molar-refractivity contribution in [2.75, 3.05) is 13.1 Å². The van der Waals surface area contributed by atoms with E-state index in [9.17, 15) is 9.35 Å². The molecule has 1 amide bonds. The van der Waals surface area contributed by atoms with E-state index in [4.69, 9.17) is 5.11 Å². The number of rotatable bonds is 2. The molecule has 0 bridgehead atoms. The van der Waals surface area contributed by atoms with Crippen molar-refractivity contribution in [3.8, 4) is 0 Å². The van der Waals surface area contributed by atoms with E-state index in [0.29, 0.717) is 13.1 Å². The summed E-state index contributed by atoms with van der Waals surface area (Å²) in [5.41, 5.74) is 0.783. The zero-order valence-electron chi connectivity index (χ0n) is 10.1. The summed E-state index contributed by atoms with van der Waals surface area (Å²) in [7, 11) is 0. The van der Waals surface area contributed by atoms with Crippen LogP contribution in [0.25, 0.3) is 0 Å². The molecule has 1 saturated heterocycles. The number of amides is 1. The van der Waals surface area contributed by atoms with Gasteiger partial charge in [0, 0.05) is 19.0 Å². The van der Waals surface area contributed by atoms with Gasteiger partial charge in [0.2, 0.25) is 0 Å². The van der Waals surface area contributed by atoms with Crippen LogP contribution in [0.5, 0.6) is 0 Å². The van der Waals surface area contributed by atoms with Crippen LogP contribution < -0.4 is 0 Å². The van der Waals surface area contributed by atoms with Crippen molar-refractivity contribution in [2.24, 2.45) is 10.3 Å². The first-order valence-corrected chi connectivity index (χ1v) is 6.27.